The highest BCUT2D eigenvalue weighted by atomic mass is 16.1. The van der Waals surface area contributed by atoms with E-state index in [1.54, 1.807) is 6.20 Å². The van der Waals surface area contributed by atoms with Gasteiger partial charge in [-0.2, -0.15) is 10.2 Å². The average Bonchev–Trinajstić information content (AvgIpc) is 3.42. The third-order valence-electron chi connectivity index (χ3n) is 6.28. The fraction of sp³-hybridized carbons (Fsp3) is 0.154. The van der Waals surface area contributed by atoms with E-state index in [0.29, 0.717) is 11.4 Å². The lowest BCUT2D eigenvalue weighted by Crippen LogP contribution is -2.19. The molecule has 1 amide bonds. The maximum absolute atomic E-state index is 13.2. The monoisotopic (exact) mass is 449 g/mol. The lowest BCUT2D eigenvalue weighted by molar-refractivity contribution is 0.102. The van der Waals surface area contributed by atoms with Crippen LogP contribution in [0.15, 0.2) is 67.1 Å². The number of pyridine rings is 1. The molecule has 0 unspecified atom stereocenters. The number of aryl methyl sites for hydroxylation is 1. The highest BCUT2D eigenvalue weighted by Crippen LogP contribution is 2.30. The molecule has 4 heterocycles. The minimum absolute atomic E-state index is 0.286. The summed E-state index contributed by atoms with van der Waals surface area (Å²) in [5.41, 5.74) is 8.09. The number of hydrogen-bond donors (Lipinski definition) is 2. The molecule has 6 rings (SSSR count). The molecule has 1 aliphatic heterocycles. The number of rotatable bonds is 0. The highest BCUT2D eigenvalue weighted by molar-refractivity contribution is 6.11. The standard InChI is InChI=1S/C26H23N7O/c1-32-14-16-4-3-5-17(8-16)19-9-20(12-27-11-19)29-26(34)25-21-10-18(6-7-23(21)30-31-25)22-13-28-33(2)24(22)15-32/h3-13H,14-15H2,1-2H3,(H,29,34)(H,30,31). The van der Waals surface area contributed by atoms with Crippen molar-refractivity contribution in [2.24, 2.45) is 7.05 Å². The number of benzene rings is 2. The van der Waals surface area contributed by atoms with Crippen LogP contribution < -0.4 is 5.32 Å². The molecule has 8 nitrogen and oxygen atoms in total. The zero-order valence-corrected chi connectivity index (χ0v) is 18.9. The van der Waals surface area contributed by atoms with Crippen LogP contribution in [0.5, 0.6) is 0 Å². The van der Waals surface area contributed by atoms with E-state index in [1.807, 2.05) is 48.4 Å². The highest BCUT2D eigenvalue weighted by Gasteiger charge is 2.19. The van der Waals surface area contributed by atoms with Crippen LogP contribution in [-0.4, -0.2) is 42.8 Å². The van der Waals surface area contributed by atoms with E-state index in [1.165, 1.54) is 5.56 Å². The Morgan fingerprint density at radius 3 is 2.74 bits per heavy atom. The van der Waals surface area contributed by atoms with Gasteiger partial charge >= 0.3 is 0 Å². The van der Waals surface area contributed by atoms with Gasteiger partial charge in [-0.1, -0.05) is 24.3 Å². The van der Waals surface area contributed by atoms with Crippen molar-refractivity contribution in [3.8, 4) is 22.3 Å². The predicted molar refractivity (Wildman–Crippen MR) is 131 cm³/mol. The topological polar surface area (TPSA) is 91.7 Å². The van der Waals surface area contributed by atoms with E-state index in [2.05, 4.69) is 61.8 Å². The summed E-state index contributed by atoms with van der Waals surface area (Å²) < 4.78 is 1.92. The Morgan fingerprint density at radius 2 is 1.82 bits per heavy atom. The Labute approximate surface area is 196 Å². The fourth-order valence-electron chi connectivity index (χ4n) is 4.58. The van der Waals surface area contributed by atoms with Crippen LogP contribution in [0.4, 0.5) is 5.69 Å². The number of fused-ring (bicyclic) bond motifs is 8. The van der Waals surface area contributed by atoms with Gasteiger partial charge in [0.1, 0.15) is 0 Å². The van der Waals surface area contributed by atoms with Crippen molar-refractivity contribution in [2.45, 2.75) is 13.1 Å². The third kappa shape index (κ3) is 3.54. The molecule has 2 aromatic carbocycles. The summed E-state index contributed by atoms with van der Waals surface area (Å²) in [6, 6.07) is 16.3. The van der Waals surface area contributed by atoms with Crippen molar-refractivity contribution < 1.29 is 4.79 Å². The molecule has 0 saturated carbocycles. The zero-order valence-electron chi connectivity index (χ0n) is 18.9. The van der Waals surface area contributed by atoms with E-state index in [0.717, 1.165) is 51.9 Å². The summed E-state index contributed by atoms with van der Waals surface area (Å²) in [6.07, 6.45) is 5.34. The van der Waals surface area contributed by atoms with Gasteiger partial charge in [-0.05, 0) is 48.0 Å². The summed E-state index contributed by atoms with van der Waals surface area (Å²) in [5, 5.41) is 15.5. The third-order valence-corrected chi connectivity index (χ3v) is 6.28. The molecule has 6 bridgehead atoms. The van der Waals surface area contributed by atoms with E-state index in [-0.39, 0.29) is 5.91 Å². The Bertz CT molecular complexity index is 1550. The summed E-state index contributed by atoms with van der Waals surface area (Å²) in [6.45, 7) is 1.51. The molecule has 34 heavy (non-hydrogen) atoms. The van der Waals surface area contributed by atoms with Crippen LogP contribution in [0.2, 0.25) is 0 Å². The predicted octanol–water partition coefficient (Wildman–Crippen LogP) is 4.22. The number of hydrogen-bond acceptors (Lipinski definition) is 5. The molecule has 0 aliphatic carbocycles. The minimum atomic E-state index is -0.286. The maximum atomic E-state index is 13.2. The van der Waals surface area contributed by atoms with Gasteiger partial charge in [-0.15, -0.1) is 0 Å². The van der Waals surface area contributed by atoms with Crippen molar-refractivity contribution >= 4 is 22.5 Å². The number of carbonyl (C=O) groups is 1. The van der Waals surface area contributed by atoms with Crippen LogP contribution in [0.25, 0.3) is 33.2 Å². The van der Waals surface area contributed by atoms with E-state index < -0.39 is 0 Å². The Morgan fingerprint density at radius 1 is 0.912 bits per heavy atom. The molecule has 0 fully saturated rings. The lowest BCUT2D eigenvalue weighted by atomic mass is 10.0. The summed E-state index contributed by atoms with van der Waals surface area (Å²) in [4.78, 5) is 19.8. The Hall–Kier alpha value is -4.30. The van der Waals surface area contributed by atoms with Crippen molar-refractivity contribution in [3.05, 3.63) is 84.1 Å². The molecule has 168 valence electrons. The van der Waals surface area contributed by atoms with E-state index >= 15 is 0 Å². The molecule has 0 atom stereocenters. The summed E-state index contributed by atoms with van der Waals surface area (Å²) in [5.74, 6) is -0.286. The average molecular weight is 450 g/mol. The van der Waals surface area contributed by atoms with Crippen molar-refractivity contribution in [1.29, 1.82) is 0 Å². The molecule has 8 heteroatoms. The smallest absolute Gasteiger partial charge is 0.276 e. The fourth-order valence-corrected chi connectivity index (χ4v) is 4.58. The van der Waals surface area contributed by atoms with Crippen LogP contribution >= 0.6 is 0 Å². The van der Waals surface area contributed by atoms with Gasteiger partial charge in [0.15, 0.2) is 5.69 Å². The second-order valence-electron chi connectivity index (χ2n) is 8.75. The minimum Gasteiger partial charge on any atom is -0.319 e. The lowest BCUT2D eigenvalue weighted by Gasteiger charge is -2.19. The van der Waals surface area contributed by atoms with Crippen LogP contribution in [0.1, 0.15) is 21.7 Å². The van der Waals surface area contributed by atoms with Gasteiger partial charge in [0.2, 0.25) is 0 Å². The van der Waals surface area contributed by atoms with Crippen molar-refractivity contribution in [2.75, 3.05) is 12.4 Å². The first-order valence-electron chi connectivity index (χ1n) is 11.1. The first-order chi connectivity index (χ1) is 16.5. The summed E-state index contributed by atoms with van der Waals surface area (Å²) in [7, 11) is 4.07. The number of nitrogens with one attached hydrogen (secondary N) is 2. The van der Waals surface area contributed by atoms with Crippen molar-refractivity contribution in [3.63, 3.8) is 0 Å². The Kier molecular flexibility index (Phi) is 4.74. The van der Waals surface area contributed by atoms with Gasteiger partial charge < -0.3 is 5.32 Å². The van der Waals surface area contributed by atoms with Gasteiger partial charge in [0.25, 0.3) is 5.91 Å². The maximum Gasteiger partial charge on any atom is 0.276 e. The number of carbonyl (C=O) groups excluding carboxylic acids is 1. The largest absolute Gasteiger partial charge is 0.319 e. The second-order valence-corrected chi connectivity index (χ2v) is 8.75. The molecule has 0 spiro atoms. The van der Waals surface area contributed by atoms with E-state index in [9.17, 15) is 4.79 Å². The Balaban J connectivity index is 1.53. The second kappa shape index (κ2) is 7.93. The number of amides is 1. The van der Waals surface area contributed by atoms with Crippen LogP contribution in [-0.2, 0) is 20.1 Å². The summed E-state index contributed by atoms with van der Waals surface area (Å²) >= 11 is 0. The van der Waals surface area contributed by atoms with E-state index in [4.69, 9.17) is 0 Å². The molecule has 0 saturated heterocycles. The van der Waals surface area contributed by atoms with Gasteiger partial charge in [0.05, 0.1) is 29.3 Å². The first kappa shape index (κ1) is 20.3. The number of aromatic nitrogens is 5. The van der Waals surface area contributed by atoms with Gasteiger partial charge in [-0.25, -0.2) is 0 Å². The SMILES string of the molecule is CN1Cc2cccc(c2)-c2cncc(c2)NC(=O)c2n[nH]c3ccc(cc23)-c2cnn(C)c2C1. The first-order valence-corrected chi connectivity index (χ1v) is 11.1. The molecule has 1 aliphatic rings. The molecule has 2 N–H and O–H groups in total. The normalized spacial score (nSPS) is 14.1. The number of aromatic amines is 1. The molecular weight excluding hydrogens is 426 g/mol. The zero-order chi connectivity index (χ0) is 23.2. The number of anilines is 1. The molecule has 0 radical (unpaired) electrons. The molecule has 5 aromatic rings. The van der Waals surface area contributed by atoms with Crippen molar-refractivity contribution in [1.82, 2.24) is 29.9 Å². The van der Waals surface area contributed by atoms with Crippen LogP contribution in [0.3, 0.4) is 0 Å². The molecule has 3 aromatic heterocycles. The number of H-pyrrole nitrogens is 1. The van der Waals surface area contributed by atoms with Crippen LogP contribution in [0, 0.1) is 0 Å². The number of nitrogens with zero attached hydrogens (tertiary/aromatic N) is 5. The van der Waals surface area contributed by atoms with Gasteiger partial charge in [0, 0.05) is 42.8 Å². The molecular formula is C26H23N7O. The van der Waals surface area contributed by atoms with Gasteiger partial charge in [-0.3, -0.25) is 24.5 Å². The quantitative estimate of drug-likeness (QED) is 0.369.